The van der Waals surface area contributed by atoms with E-state index in [1.165, 1.54) is 12.1 Å². The molecule has 152 valence electrons. The first-order valence-electron chi connectivity index (χ1n) is 9.44. The number of rotatable bonds is 7. The van der Waals surface area contributed by atoms with Gasteiger partial charge in [0.05, 0.1) is 22.1 Å². The average Bonchev–Trinajstić information content (AvgIpc) is 3.18. The molecule has 7 heteroatoms. The number of imidazole rings is 1. The maximum atomic E-state index is 13.2. The quantitative estimate of drug-likeness (QED) is 0.447. The summed E-state index contributed by atoms with van der Waals surface area (Å²) in [7, 11) is 0. The number of ether oxygens (including phenoxy) is 1. The summed E-state index contributed by atoms with van der Waals surface area (Å²) in [5, 5.41) is 3.08. The molecule has 0 bridgehead atoms. The minimum atomic E-state index is -0.468. The third-order valence-electron chi connectivity index (χ3n) is 4.61. The van der Waals surface area contributed by atoms with Gasteiger partial charge < -0.3 is 15.0 Å². The number of carbonyl (C=O) groups is 1. The third-order valence-corrected chi connectivity index (χ3v) is 4.90. The van der Waals surface area contributed by atoms with Gasteiger partial charge in [-0.15, -0.1) is 0 Å². The SMILES string of the molecule is O=C(COc1ccc(F)cc1Cl)NC(Cc1ccccc1)c1nc2ccccc2[nH]1. The summed E-state index contributed by atoms with van der Waals surface area (Å²) >= 11 is 5.96. The van der Waals surface area contributed by atoms with E-state index in [4.69, 9.17) is 16.3 Å². The molecule has 1 aromatic heterocycles. The van der Waals surface area contributed by atoms with Gasteiger partial charge in [-0.1, -0.05) is 54.1 Å². The number of aromatic amines is 1. The number of fused-ring (bicyclic) bond motifs is 1. The molecule has 4 rings (SSSR count). The number of para-hydroxylation sites is 2. The average molecular weight is 424 g/mol. The van der Waals surface area contributed by atoms with Crippen molar-refractivity contribution >= 4 is 28.5 Å². The maximum Gasteiger partial charge on any atom is 0.258 e. The summed E-state index contributed by atoms with van der Waals surface area (Å²) in [5.74, 6) is 0.103. The van der Waals surface area contributed by atoms with Gasteiger partial charge in [0.25, 0.3) is 5.91 Å². The first kappa shape index (κ1) is 19.9. The molecule has 0 radical (unpaired) electrons. The van der Waals surface area contributed by atoms with E-state index in [2.05, 4.69) is 15.3 Å². The van der Waals surface area contributed by atoms with Crippen molar-refractivity contribution in [1.82, 2.24) is 15.3 Å². The van der Waals surface area contributed by atoms with Crippen molar-refractivity contribution in [1.29, 1.82) is 0 Å². The number of amides is 1. The second-order valence-electron chi connectivity index (χ2n) is 6.81. The summed E-state index contributed by atoms with van der Waals surface area (Å²) in [6.07, 6.45) is 0.559. The number of hydrogen-bond acceptors (Lipinski definition) is 3. The van der Waals surface area contributed by atoms with Crippen LogP contribution in [0.25, 0.3) is 11.0 Å². The standard InChI is InChI=1S/C23H19ClFN3O2/c24-17-13-16(25)10-11-21(17)30-14-22(29)26-20(12-15-6-2-1-3-7-15)23-27-18-8-4-5-9-19(18)28-23/h1-11,13,20H,12,14H2,(H,26,29)(H,27,28). The third kappa shape index (κ3) is 4.78. The van der Waals surface area contributed by atoms with E-state index in [1.807, 2.05) is 54.6 Å². The largest absolute Gasteiger partial charge is 0.482 e. The highest BCUT2D eigenvalue weighted by Gasteiger charge is 2.19. The van der Waals surface area contributed by atoms with Crippen LogP contribution in [-0.4, -0.2) is 22.5 Å². The van der Waals surface area contributed by atoms with Gasteiger partial charge in [0, 0.05) is 0 Å². The minimum Gasteiger partial charge on any atom is -0.482 e. The minimum absolute atomic E-state index is 0.112. The Hall–Kier alpha value is -3.38. The molecule has 0 aliphatic carbocycles. The molecule has 3 aromatic carbocycles. The van der Waals surface area contributed by atoms with Gasteiger partial charge in [-0.2, -0.15) is 0 Å². The Morgan fingerprint density at radius 3 is 2.63 bits per heavy atom. The number of benzene rings is 3. The Morgan fingerprint density at radius 2 is 1.87 bits per heavy atom. The lowest BCUT2D eigenvalue weighted by molar-refractivity contribution is -0.123. The fourth-order valence-electron chi connectivity index (χ4n) is 3.17. The number of hydrogen-bond donors (Lipinski definition) is 2. The number of nitrogens with one attached hydrogen (secondary N) is 2. The Bertz CT molecular complexity index is 1130. The topological polar surface area (TPSA) is 67.0 Å². The fourth-order valence-corrected chi connectivity index (χ4v) is 3.40. The van der Waals surface area contributed by atoms with Crippen LogP contribution in [0.5, 0.6) is 5.75 Å². The predicted molar refractivity (Wildman–Crippen MR) is 114 cm³/mol. The first-order chi connectivity index (χ1) is 14.6. The van der Waals surface area contributed by atoms with Crippen LogP contribution in [0.1, 0.15) is 17.4 Å². The molecule has 1 atom stereocenters. The molecule has 0 saturated carbocycles. The van der Waals surface area contributed by atoms with E-state index in [9.17, 15) is 9.18 Å². The van der Waals surface area contributed by atoms with E-state index in [0.717, 1.165) is 22.7 Å². The van der Waals surface area contributed by atoms with Crippen LogP contribution in [-0.2, 0) is 11.2 Å². The monoisotopic (exact) mass is 423 g/mol. The molecule has 0 spiro atoms. The normalized spacial score (nSPS) is 11.9. The van der Waals surface area contributed by atoms with Gasteiger partial charge in [-0.3, -0.25) is 4.79 Å². The number of carbonyl (C=O) groups excluding carboxylic acids is 1. The number of aromatic nitrogens is 2. The van der Waals surface area contributed by atoms with Crippen LogP contribution in [0.15, 0.2) is 72.8 Å². The highest BCUT2D eigenvalue weighted by atomic mass is 35.5. The van der Waals surface area contributed by atoms with Crippen molar-refractivity contribution < 1.29 is 13.9 Å². The molecule has 0 aliphatic heterocycles. The molecule has 0 fully saturated rings. The summed E-state index contributed by atoms with van der Waals surface area (Å²) in [5.41, 5.74) is 2.79. The van der Waals surface area contributed by atoms with Gasteiger partial charge in [-0.25, -0.2) is 9.37 Å². The van der Waals surface area contributed by atoms with Gasteiger partial charge in [-0.05, 0) is 42.3 Å². The summed E-state index contributed by atoms with van der Waals surface area (Å²) in [4.78, 5) is 20.5. The molecular formula is C23H19ClFN3O2. The number of halogens is 2. The molecule has 1 amide bonds. The van der Waals surface area contributed by atoms with Crippen LogP contribution in [0, 0.1) is 5.82 Å². The van der Waals surface area contributed by atoms with Crippen LogP contribution in [0.3, 0.4) is 0 Å². The van der Waals surface area contributed by atoms with E-state index in [0.29, 0.717) is 12.2 Å². The fraction of sp³-hybridized carbons (Fsp3) is 0.130. The van der Waals surface area contributed by atoms with Crippen molar-refractivity contribution in [2.24, 2.45) is 0 Å². The zero-order chi connectivity index (χ0) is 20.9. The van der Waals surface area contributed by atoms with Crippen molar-refractivity contribution in [2.75, 3.05) is 6.61 Å². The first-order valence-corrected chi connectivity index (χ1v) is 9.82. The van der Waals surface area contributed by atoms with Crippen molar-refractivity contribution in [3.05, 3.63) is 95.0 Å². The van der Waals surface area contributed by atoms with Gasteiger partial charge in [0.2, 0.25) is 0 Å². The summed E-state index contributed by atoms with van der Waals surface area (Å²) < 4.78 is 18.6. The molecular weight excluding hydrogens is 405 g/mol. The van der Waals surface area contributed by atoms with E-state index in [1.54, 1.807) is 0 Å². The van der Waals surface area contributed by atoms with Crippen molar-refractivity contribution in [3.8, 4) is 5.75 Å². The maximum absolute atomic E-state index is 13.2. The number of H-pyrrole nitrogens is 1. The summed E-state index contributed by atoms with van der Waals surface area (Å²) in [6, 6.07) is 20.9. The van der Waals surface area contributed by atoms with Crippen molar-refractivity contribution in [3.63, 3.8) is 0 Å². The lowest BCUT2D eigenvalue weighted by Crippen LogP contribution is -2.34. The van der Waals surface area contributed by atoms with Crippen LogP contribution in [0.2, 0.25) is 5.02 Å². The molecule has 0 aliphatic rings. The van der Waals surface area contributed by atoms with Crippen molar-refractivity contribution in [2.45, 2.75) is 12.5 Å². The Labute approximate surface area is 177 Å². The smallest absolute Gasteiger partial charge is 0.258 e. The Kier molecular flexibility index (Phi) is 5.95. The second kappa shape index (κ2) is 8.97. The van der Waals surface area contributed by atoms with Crippen LogP contribution < -0.4 is 10.1 Å². The molecule has 1 heterocycles. The summed E-state index contributed by atoms with van der Waals surface area (Å²) in [6.45, 7) is -0.253. The zero-order valence-electron chi connectivity index (χ0n) is 15.9. The predicted octanol–water partition coefficient (Wildman–Crippen LogP) is 4.83. The molecule has 4 aromatic rings. The highest BCUT2D eigenvalue weighted by molar-refractivity contribution is 6.32. The van der Waals surface area contributed by atoms with E-state index >= 15 is 0 Å². The second-order valence-corrected chi connectivity index (χ2v) is 7.22. The Balaban J connectivity index is 1.50. The van der Waals surface area contributed by atoms with Gasteiger partial charge in [0.15, 0.2) is 6.61 Å². The Morgan fingerprint density at radius 1 is 1.10 bits per heavy atom. The zero-order valence-corrected chi connectivity index (χ0v) is 16.7. The molecule has 0 saturated heterocycles. The molecule has 2 N–H and O–H groups in total. The highest BCUT2D eigenvalue weighted by Crippen LogP contribution is 2.25. The number of nitrogens with zero attached hydrogens (tertiary/aromatic N) is 1. The van der Waals surface area contributed by atoms with E-state index < -0.39 is 5.82 Å². The molecule has 1 unspecified atom stereocenters. The lowest BCUT2D eigenvalue weighted by atomic mass is 10.1. The van der Waals surface area contributed by atoms with Crippen LogP contribution >= 0.6 is 11.6 Å². The molecule has 30 heavy (non-hydrogen) atoms. The van der Waals surface area contributed by atoms with E-state index in [-0.39, 0.29) is 29.3 Å². The van der Waals surface area contributed by atoms with Gasteiger partial charge >= 0.3 is 0 Å². The lowest BCUT2D eigenvalue weighted by Gasteiger charge is -2.17. The molecule has 5 nitrogen and oxygen atoms in total. The van der Waals surface area contributed by atoms with Crippen LogP contribution in [0.4, 0.5) is 4.39 Å². The van der Waals surface area contributed by atoms with Gasteiger partial charge in [0.1, 0.15) is 17.4 Å².